The number of aryl methyl sites for hydroxylation is 2. The van der Waals surface area contributed by atoms with E-state index in [9.17, 15) is 10.1 Å². The molecule has 0 heterocycles. The standard InChI is InChI=1S/C17H19N3O2/c1-11-4-2-7-16(17(11)20(21)22)19-15-6-3-5-12-10-13(18)8-9-14(12)15/h2,4,7-10,15,19H,3,5-6,18H2,1H3. The summed E-state index contributed by atoms with van der Waals surface area (Å²) < 4.78 is 0. The van der Waals surface area contributed by atoms with E-state index in [4.69, 9.17) is 5.73 Å². The average molecular weight is 297 g/mol. The van der Waals surface area contributed by atoms with Crippen LogP contribution in [0.3, 0.4) is 0 Å². The van der Waals surface area contributed by atoms with Gasteiger partial charge in [-0.15, -0.1) is 0 Å². The lowest BCUT2D eigenvalue weighted by Crippen LogP contribution is -2.18. The third kappa shape index (κ3) is 2.62. The Morgan fingerprint density at radius 3 is 2.91 bits per heavy atom. The first-order chi connectivity index (χ1) is 10.6. The fourth-order valence-corrected chi connectivity index (χ4v) is 3.19. The topological polar surface area (TPSA) is 81.2 Å². The molecule has 0 aromatic heterocycles. The predicted molar refractivity (Wildman–Crippen MR) is 88.0 cm³/mol. The SMILES string of the molecule is Cc1cccc(NC2CCCc3cc(N)ccc32)c1[N+](=O)[O-]. The molecule has 1 atom stereocenters. The zero-order chi connectivity index (χ0) is 15.7. The van der Waals surface area contributed by atoms with Gasteiger partial charge < -0.3 is 11.1 Å². The fraction of sp³-hybridized carbons (Fsp3) is 0.294. The molecule has 0 radical (unpaired) electrons. The Labute approximate surface area is 129 Å². The molecule has 5 nitrogen and oxygen atoms in total. The van der Waals surface area contributed by atoms with E-state index in [1.54, 1.807) is 19.1 Å². The number of benzene rings is 2. The first-order valence-electron chi connectivity index (χ1n) is 7.45. The molecule has 0 saturated heterocycles. The molecule has 1 unspecified atom stereocenters. The first kappa shape index (κ1) is 14.4. The summed E-state index contributed by atoms with van der Waals surface area (Å²) in [7, 11) is 0. The van der Waals surface area contributed by atoms with Gasteiger partial charge in [-0.05, 0) is 55.5 Å². The minimum Gasteiger partial charge on any atom is -0.399 e. The number of rotatable bonds is 3. The number of nitrogens with two attached hydrogens (primary N) is 1. The second-order valence-electron chi connectivity index (χ2n) is 5.78. The molecule has 3 N–H and O–H groups in total. The van der Waals surface area contributed by atoms with Crippen LogP contribution in [0.5, 0.6) is 0 Å². The highest BCUT2D eigenvalue weighted by molar-refractivity contribution is 5.66. The van der Waals surface area contributed by atoms with Crippen molar-refractivity contribution in [2.75, 3.05) is 11.1 Å². The summed E-state index contributed by atoms with van der Waals surface area (Å²) in [5.41, 5.74) is 10.5. The van der Waals surface area contributed by atoms with Gasteiger partial charge >= 0.3 is 0 Å². The first-order valence-corrected chi connectivity index (χ1v) is 7.45. The van der Waals surface area contributed by atoms with Gasteiger partial charge in [-0.1, -0.05) is 18.2 Å². The van der Waals surface area contributed by atoms with Gasteiger partial charge in [0.05, 0.1) is 11.0 Å². The molecule has 0 fully saturated rings. The Bertz CT molecular complexity index is 728. The third-order valence-corrected chi connectivity index (χ3v) is 4.23. The van der Waals surface area contributed by atoms with Crippen LogP contribution < -0.4 is 11.1 Å². The van der Waals surface area contributed by atoms with Gasteiger partial charge in [0, 0.05) is 11.3 Å². The number of hydrogen-bond donors (Lipinski definition) is 2. The number of nitrogen functional groups attached to an aromatic ring is 1. The highest BCUT2D eigenvalue weighted by atomic mass is 16.6. The quantitative estimate of drug-likeness (QED) is 0.510. The van der Waals surface area contributed by atoms with Crippen LogP contribution in [0.15, 0.2) is 36.4 Å². The van der Waals surface area contributed by atoms with Crippen LogP contribution in [-0.2, 0) is 6.42 Å². The summed E-state index contributed by atoms with van der Waals surface area (Å²) >= 11 is 0. The Balaban J connectivity index is 1.96. The lowest BCUT2D eigenvalue weighted by atomic mass is 9.87. The van der Waals surface area contributed by atoms with Gasteiger partial charge in [-0.2, -0.15) is 0 Å². The van der Waals surface area contributed by atoms with Crippen LogP contribution in [0.2, 0.25) is 0 Å². The van der Waals surface area contributed by atoms with E-state index in [0.29, 0.717) is 11.3 Å². The van der Waals surface area contributed by atoms with Crippen molar-refractivity contribution in [2.45, 2.75) is 32.2 Å². The van der Waals surface area contributed by atoms with Crippen molar-refractivity contribution in [3.8, 4) is 0 Å². The molecule has 2 aromatic rings. The van der Waals surface area contributed by atoms with Gasteiger partial charge in [0.25, 0.3) is 5.69 Å². The molecule has 114 valence electrons. The second-order valence-corrected chi connectivity index (χ2v) is 5.78. The lowest BCUT2D eigenvalue weighted by molar-refractivity contribution is -0.384. The molecular formula is C17H19N3O2. The van der Waals surface area contributed by atoms with Crippen molar-refractivity contribution in [1.29, 1.82) is 0 Å². The van der Waals surface area contributed by atoms with Crippen LogP contribution in [-0.4, -0.2) is 4.92 Å². The smallest absolute Gasteiger partial charge is 0.295 e. The van der Waals surface area contributed by atoms with E-state index >= 15 is 0 Å². The van der Waals surface area contributed by atoms with Gasteiger partial charge in [-0.3, -0.25) is 10.1 Å². The van der Waals surface area contributed by atoms with Crippen LogP contribution in [0.1, 0.15) is 35.6 Å². The van der Waals surface area contributed by atoms with E-state index in [-0.39, 0.29) is 16.7 Å². The van der Waals surface area contributed by atoms with E-state index in [0.717, 1.165) is 24.9 Å². The Hall–Kier alpha value is -2.56. The van der Waals surface area contributed by atoms with E-state index in [2.05, 4.69) is 5.32 Å². The lowest BCUT2D eigenvalue weighted by Gasteiger charge is -2.27. The number of fused-ring (bicyclic) bond motifs is 1. The van der Waals surface area contributed by atoms with Crippen LogP contribution in [0.4, 0.5) is 17.1 Å². The van der Waals surface area contributed by atoms with Crippen molar-refractivity contribution in [2.24, 2.45) is 0 Å². The highest BCUT2D eigenvalue weighted by Gasteiger charge is 2.24. The van der Waals surface area contributed by atoms with E-state index in [1.807, 2.05) is 24.3 Å². The molecule has 5 heteroatoms. The molecule has 3 rings (SSSR count). The van der Waals surface area contributed by atoms with Gasteiger partial charge in [0.1, 0.15) is 5.69 Å². The Morgan fingerprint density at radius 2 is 2.14 bits per heavy atom. The van der Waals surface area contributed by atoms with Gasteiger partial charge in [-0.25, -0.2) is 0 Å². The molecule has 1 aliphatic rings. The number of hydrogen-bond acceptors (Lipinski definition) is 4. The molecule has 0 aliphatic heterocycles. The molecule has 1 aliphatic carbocycles. The van der Waals surface area contributed by atoms with E-state index < -0.39 is 0 Å². The third-order valence-electron chi connectivity index (χ3n) is 4.23. The van der Waals surface area contributed by atoms with Crippen LogP contribution >= 0.6 is 0 Å². The molecule has 0 amide bonds. The minimum absolute atomic E-state index is 0.0878. The maximum Gasteiger partial charge on any atom is 0.295 e. The molecular weight excluding hydrogens is 278 g/mol. The van der Waals surface area contributed by atoms with Crippen molar-refractivity contribution in [3.05, 3.63) is 63.2 Å². The molecule has 0 saturated carbocycles. The minimum atomic E-state index is -0.315. The normalized spacial score (nSPS) is 16.9. The number of nitrogens with zero attached hydrogens (tertiary/aromatic N) is 1. The Morgan fingerprint density at radius 1 is 1.32 bits per heavy atom. The van der Waals surface area contributed by atoms with Crippen LogP contribution in [0, 0.1) is 17.0 Å². The van der Waals surface area contributed by atoms with Gasteiger partial charge in [0.2, 0.25) is 0 Å². The molecule has 0 bridgehead atoms. The Kier molecular flexibility index (Phi) is 3.71. The maximum absolute atomic E-state index is 11.3. The highest BCUT2D eigenvalue weighted by Crippen LogP contribution is 2.36. The maximum atomic E-state index is 11.3. The zero-order valence-corrected chi connectivity index (χ0v) is 12.5. The second kappa shape index (κ2) is 5.67. The fourth-order valence-electron chi connectivity index (χ4n) is 3.19. The summed E-state index contributed by atoms with van der Waals surface area (Å²) in [5, 5.41) is 14.7. The summed E-state index contributed by atoms with van der Waals surface area (Å²) in [5.74, 6) is 0. The monoisotopic (exact) mass is 297 g/mol. The molecule has 0 spiro atoms. The number of nitro groups is 1. The number of nitrogens with one attached hydrogen (secondary N) is 1. The van der Waals surface area contributed by atoms with Crippen molar-refractivity contribution in [3.63, 3.8) is 0 Å². The summed E-state index contributed by atoms with van der Waals surface area (Å²) in [6.07, 6.45) is 3.02. The van der Waals surface area contributed by atoms with Crippen molar-refractivity contribution >= 4 is 17.1 Å². The zero-order valence-electron chi connectivity index (χ0n) is 12.5. The number of anilines is 2. The summed E-state index contributed by atoms with van der Waals surface area (Å²) in [6.45, 7) is 1.76. The number of nitro benzene ring substituents is 1. The van der Waals surface area contributed by atoms with E-state index in [1.165, 1.54) is 11.1 Å². The predicted octanol–water partition coefficient (Wildman–Crippen LogP) is 3.97. The van der Waals surface area contributed by atoms with Crippen molar-refractivity contribution in [1.82, 2.24) is 0 Å². The largest absolute Gasteiger partial charge is 0.399 e. The molecule has 22 heavy (non-hydrogen) atoms. The summed E-state index contributed by atoms with van der Waals surface area (Å²) in [4.78, 5) is 11.0. The summed E-state index contributed by atoms with van der Waals surface area (Å²) in [6, 6.07) is 11.4. The van der Waals surface area contributed by atoms with Crippen molar-refractivity contribution < 1.29 is 4.92 Å². The molecule has 2 aromatic carbocycles. The average Bonchev–Trinajstić information content (AvgIpc) is 2.46. The number of para-hydroxylation sites is 1. The van der Waals surface area contributed by atoms with Gasteiger partial charge in [0.15, 0.2) is 0 Å². The van der Waals surface area contributed by atoms with Crippen LogP contribution in [0.25, 0.3) is 0 Å².